The number of nitrogens with zero attached hydrogens (tertiary/aromatic N) is 6. The number of carbonyl (C=O) groups is 1. The molecule has 2 aromatic heterocycles. The van der Waals surface area contributed by atoms with Crippen molar-refractivity contribution < 1.29 is 18.7 Å². The number of benzene rings is 2. The van der Waals surface area contributed by atoms with Gasteiger partial charge in [-0.1, -0.05) is 41.9 Å². The van der Waals surface area contributed by atoms with Gasteiger partial charge in [0.05, 0.1) is 5.39 Å². The molecule has 2 aliphatic rings. The van der Waals surface area contributed by atoms with Crippen LogP contribution in [-0.2, 0) is 4.74 Å². The van der Waals surface area contributed by atoms with Gasteiger partial charge in [-0.15, -0.1) is 0 Å². The zero-order chi connectivity index (χ0) is 31.2. The molecule has 4 heterocycles. The van der Waals surface area contributed by atoms with Crippen LogP contribution in [-0.4, -0.2) is 88.9 Å². The van der Waals surface area contributed by atoms with Crippen molar-refractivity contribution in [2.75, 3.05) is 45.2 Å². The van der Waals surface area contributed by atoms with Crippen LogP contribution in [0.2, 0.25) is 5.02 Å². The third-order valence-corrected chi connectivity index (χ3v) is 8.84. The first-order chi connectivity index (χ1) is 21.0. The summed E-state index contributed by atoms with van der Waals surface area (Å²) in [5.41, 5.74) is 0.271. The number of rotatable bonds is 6. The number of halogens is 2. The van der Waals surface area contributed by atoms with E-state index in [9.17, 15) is 4.79 Å². The van der Waals surface area contributed by atoms with Gasteiger partial charge in [0.2, 0.25) is 0 Å². The van der Waals surface area contributed by atoms with Crippen LogP contribution < -0.4 is 9.64 Å². The molecule has 0 bridgehead atoms. The van der Waals surface area contributed by atoms with Crippen LogP contribution in [0, 0.1) is 5.82 Å². The number of amides is 1. The summed E-state index contributed by atoms with van der Waals surface area (Å²) in [6.07, 6.45) is 4.09. The number of hydrogen-bond acceptors (Lipinski definition) is 8. The van der Waals surface area contributed by atoms with Gasteiger partial charge in [-0.25, -0.2) is 9.18 Å². The number of likely N-dealkylation sites (tertiary alicyclic amines) is 2. The molecule has 0 radical (unpaired) electrons. The van der Waals surface area contributed by atoms with Gasteiger partial charge in [-0.2, -0.15) is 9.97 Å². The fourth-order valence-corrected chi connectivity index (χ4v) is 6.40. The van der Waals surface area contributed by atoms with Crippen molar-refractivity contribution >= 4 is 45.2 Å². The van der Waals surface area contributed by atoms with Crippen molar-refractivity contribution in [2.45, 2.75) is 57.7 Å². The summed E-state index contributed by atoms with van der Waals surface area (Å²) in [7, 11) is 3.97. The summed E-state index contributed by atoms with van der Waals surface area (Å²) in [6.45, 7) is 7.96. The zero-order valence-electron chi connectivity index (χ0n) is 25.8. The van der Waals surface area contributed by atoms with Gasteiger partial charge >= 0.3 is 12.1 Å². The molecule has 0 unspecified atom stereocenters. The molecular formula is C33H38ClFN6O3. The molecular weight excluding hydrogens is 583 g/mol. The van der Waals surface area contributed by atoms with Gasteiger partial charge in [-0.05, 0) is 65.1 Å². The van der Waals surface area contributed by atoms with E-state index in [2.05, 4.69) is 21.9 Å². The zero-order valence-corrected chi connectivity index (χ0v) is 26.6. The number of fused-ring (bicyclic) bond motifs is 2. The monoisotopic (exact) mass is 620 g/mol. The van der Waals surface area contributed by atoms with Crippen LogP contribution in [0.15, 0.2) is 42.6 Å². The number of carbonyl (C=O) groups excluding carboxylic acids is 1. The second-order valence-corrected chi connectivity index (χ2v) is 13.1. The predicted octanol–water partition coefficient (Wildman–Crippen LogP) is 6.56. The van der Waals surface area contributed by atoms with Crippen LogP contribution in [0.5, 0.6) is 6.01 Å². The fourth-order valence-electron chi connectivity index (χ4n) is 6.12. The topological polar surface area (TPSA) is 83.9 Å². The molecule has 0 spiro atoms. The highest BCUT2D eigenvalue weighted by Gasteiger charge is 2.34. The minimum absolute atomic E-state index is 0.0750. The smallest absolute Gasteiger partial charge is 0.410 e. The summed E-state index contributed by atoms with van der Waals surface area (Å²) in [4.78, 5) is 32.7. The molecule has 0 saturated carbocycles. The summed E-state index contributed by atoms with van der Waals surface area (Å²) < 4.78 is 28.3. The standard InChI is InChI=1S/C33H38ClFN6O3/c1-33(2,3)44-32(42)41-16-14-21(18-41)40(5)30-24-17-36-28(23-12-6-9-20-10-7-13-25(34)26(20)23)27(35)29(24)37-31(38-30)43-19-22-11-8-15-39(22)4/h6-7,9-10,12-13,17,21-22H,8,11,14-16,18-19H2,1-5H3/t21-,22+/m1/s1. The first-order valence-electron chi connectivity index (χ1n) is 15.1. The molecule has 11 heteroatoms. The molecule has 232 valence electrons. The van der Waals surface area contributed by atoms with E-state index in [1.165, 1.54) is 0 Å². The van der Waals surface area contributed by atoms with Crippen molar-refractivity contribution in [3.8, 4) is 17.3 Å². The maximum atomic E-state index is 16.6. The van der Waals surface area contributed by atoms with E-state index in [1.54, 1.807) is 17.2 Å². The molecule has 2 aromatic carbocycles. The van der Waals surface area contributed by atoms with Crippen molar-refractivity contribution in [1.82, 2.24) is 24.8 Å². The molecule has 4 aromatic rings. The Hall–Kier alpha value is -3.76. The van der Waals surface area contributed by atoms with E-state index in [-0.39, 0.29) is 35.4 Å². The Labute approximate surface area is 261 Å². The summed E-state index contributed by atoms with van der Waals surface area (Å²) in [6, 6.07) is 11.5. The van der Waals surface area contributed by atoms with Gasteiger partial charge in [-0.3, -0.25) is 4.98 Å². The second kappa shape index (κ2) is 12.0. The first-order valence-corrected chi connectivity index (χ1v) is 15.5. The predicted molar refractivity (Wildman–Crippen MR) is 171 cm³/mol. The molecule has 0 aliphatic carbocycles. The number of pyridine rings is 1. The van der Waals surface area contributed by atoms with Crippen LogP contribution in [0.1, 0.15) is 40.0 Å². The molecule has 44 heavy (non-hydrogen) atoms. The lowest BCUT2D eigenvalue weighted by Gasteiger charge is -2.28. The summed E-state index contributed by atoms with van der Waals surface area (Å²) >= 11 is 6.59. The van der Waals surface area contributed by atoms with Crippen molar-refractivity contribution in [3.05, 3.63) is 53.4 Å². The molecule has 6 rings (SSSR count). The van der Waals surface area contributed by atoms with Crippen LogP contribution >= 0.6 is 11.6 Å². The van der Waals surface area contributed by atoms with Crippen molar-refractivity contribution in [2.24, 2.45) is 0 Å². The Morgan fingerprint density at radius 2 is 1.91 bits per heavy atom. The van der Waals surface area contributed by atoms with E-state index in [0.29, 0.717) is 47.9 Å². The van der Waals surface area contributed by atoms with E-state index >= 15 is 4.39 Å². The number of anilines is 1. The summed E-state index contributed by atoms with van der Waals surface area (Å²) in [5, 5.41) is 2.59. The number of ether oxygens (including phenoxy) is 2. The SMILES string of the molecule is CN1CCC[C@H]1COc1nc(N(C)[C@@H]2CCN(C(=O)OC(C)(C)C)C2)c2cnc(-c3cccc4cccc(Cl)c34)c(F)c2n1. The number of likely N-dealkylation sites (N-methyl/N-ethyl adjacent to an activating group) is 2. The lowest BCUT2D eigenvalue weighted by molar-refractivity contribution is 0.0292. The number of aromatic nitrogens is 3. The van der Waals surface area contributed by atoms with E-state index in [1.807, 2.05) is 63.1 Å². The molecule has 1 amide bonds. The van der Waals surface area contributed by atoms with Crippen molar-refractivity contribution in [1.29, 1.82) is 0 Å². The summed E-state index contributed by atoms with van der Waals surface area (Å²) in [5.74, 6) is -0.0775. The largest absolute Gasteiger partial charge is 0.462 e. The molecule has 0 N–H and O–H groups in total. The van der Waals surface area contributed by atoms with Crippen LogP contribution in [0.25, 0.3) is 32.9 Å². The van der Waals surface area contributed by atoms with Gasteiger partial charge in [0.15, 0.2) is 5.82 Å². The first kappa shape index (κ1) is 30.3. The lowest BCUT2D eigenvalue weighted by Crippen LogP contribution is -2.39. The molecule has 2 fully saturated rings. The van der Waals surface area contributed by atoms with Crippen LogP contribution in [0.3, 0.4) is 0 Å². The Bertz CT molecular complexity index is 1710. The number of hydrogen-bond donors (Lipinski definition) is 0. The Morgan fingerprint density at radius 3 is 2.64 bits per heavy atom. The van der Waals surface area contributed by atoms with E-state index in [4.69, 9.17) is 26.1 Å². The Balaban J connectivity index is 1.40. The fraction of sp³-hybridized carbons (Fsp3) is 0.455. The lowest BCUT2D eigenvalue weighted by atomic mass is 10.0. The Morgan fingerprint density at radius 1 is 1.14 bits per heavy atom. The van der Waals surface area contributed by atoms with Gasteiger partial charge in [0.1, 0.15) is 29.2 Å². The highest BCUT2D eigenvalue weighted by molar-refractivity contribution is 6.36. The molecule has 2 saturated heterocycles. The quantitative estimate of drug-likeness (QED) is 0.240. The average molecular weight is 621 g/mol. The Kier molecular flexibility index (Phi) is 8.24. The highest BCUT2D eigenvalue weighted by atomic mass is 35.5. The van der Waals surface area contributed by atoms with Crippen LogP contribution in [0.4, 0.5) is 15.0 Å². The minimum atomic E-state index is -0.585. The highest BCUT2D eigenvalue weighted by Crippen LogP contribution is 2.38. The maximum absolute atomic E-state index is 16.6. The van der Waals surface area contributed by atoms with Gasteiger partial charge in [0.25, 0.3) is 0 Å². The van der Waals surface area contributed by atoms with Crippen molar-refractivity contribution in [3.63, 3.8) is 0 Å². The van der Waals surface area contributed by atoms with Gasteiger partial charge in [0, 0.05) is 54.4 Å². The molecule has 2 aliphatic heterocycles. The van der Waals surface area contributed by atoms with Gasteiger partial charge < -0.3 is 24.2 Å². The molecule has 2 atom stereocenters. The van der Waals surface area contributed by atoms with E-state index in [0.717, 1.165) is 30.2 Å². The van der Waals surface area contributed by atoms with E-state index < -0.39 is 11.4 Å². The maximum Gasteiger partial charge on any atom is 0.410 e. The normalized spacial score (nSPS) is 19.2. The third-order valence-electron chi connectivity index (χ3n) is 8.53. The third kappa shape index (κ3) is 5.97. The average Bonchev–Trinajstić information content (AvgIpc) is 3.64. The second-order valence-electron chi connectivity index (χ2n) is 12.7. The minimum Gasteiger partial charge on any atom is -0.462 e. The molecule has 9 nitrogen and oxygen atoms in total.